The summed E-state index contributed by atoms with van der Waals surface area (Å²) in [6.07, 6.45) is 1.50. The number of hydrogen-bond donors (Lipinski definition) is 2. The van der Waals surface area contributed by atoms with Crippen molar-refractivity contribution in [1.29, 1.82) is 0 Å². The average Bonchev–Trinajstić information content (AvgIpc) is 2.94. The fraction of sp³-hybridized carbons (Fsp3) is 0.323. The third-order valence-corrected chi connectivity index (χ3v) is 7.46. The van der Waals surface area contributed by atoms with Crippen LogP contribution in [-0.4, -0.2) is 45.6 Å². The minimum absolute atomic E-state index is 0.119. The highest BCUT2D eigenvalue weighted by atomic mass is 16.5. The van der Waals surface area contributed by atoms with Crippen LogP contribution in [0.2, 0.25) is 0 Å². The van der Waals surface area contributed by atoms with Crippen molar-refractivity contribution in [2.45, 2.75) is 32.6 Å². The molecular formula is C31H35N2O5+. The molecule has 2 heterocycles. The Hall–Kier alpha value is -3.81. The van der Waals surface area contributed by atoms with E-state index in [-0.39, 0.29) is 13.2 Å². The van der Waals surface area contributed by atoms with Crippen LogP contribution in [0.25, 0.3) is 22.0 Å². The highest BCUT2D eigenvalue weighted by Crippen LogP contribution is 2.44. The Morgan fingerprint density at radius 2 is 1.55 bits per heavy atom. The maximum Gasteiger partial charge on any atom is 0.284 e. The van der Waals surface area contributed by atoms with Crippen LogP contribution in [0.4, 0.5) is 5.82 Å². The topological polar surface area (TPSA) is 75.3 Å². The molecule has 2 N–H and O–H groups in total. The molecule has 1 aromatic heterocycles. The molecule has 0 radical (unpaired) electrons. The second-order valence-corrected chi connectivity index (χ2v) is 9.82. The lowest BCUT2D eigenvalue weighted by Crippen LogP contribution is -2.45. The molecule has 0 bridgehead atoms. The molecular weight excluding hydrogens is 480 g/mol. The fourth-order valence-corrected chi connectivity index (χ4v) is 5.73. The maximum absolute atomic E-state index is 9.99. The van der Waals surface area contributed by atoms with Crippen LogP contribution in [-0.2, 0) is 32.6 Å². The van der Waals surface area contributed by atoms with E-state index < -0.39 is 0 Å². The van der Waals surface area contributed by atoms with Gasteiger partial charge in [0.15, 0.2) is 11.5 Å². The first-order valence-corrected chi connectivity index (χ1v) is 12.7. The maximum atomic E-state index is 9.99. The third kappa shape index (κ3) is 4.31. The molecule has 7 heteroatoms. The third-order valence-electron chi connectivity index (χ3n) is 7.46. The van der Waals surface area contributed by atoms with Gasteiger partial charge in [-0.1, -0.05) is 12.1 Å². The number of anilines is 1. The molecule has 0 saturated carbocycles. The van der Waals surface area contributed by atoms with Gasteiger partial charge in [-0.2, -0.15) is 0 Å². The molecule has 0 fully saturated rings. The van der Waals surface area contributed by atoms with Crippen LogP contribution < -0.4 is 23.7 Å². The largest absolute Gasteiger partial charge is 0.497 e. The Morgan fingerprint density at radius 3 is 2.16 bits per heavy atom. The number of nitrogens with zero attached hydrogens (tertiary/aromatic N) is 2. The molecule has 198 valence electrons. The molecule has 38 heavy (non-hydrogen) atoms. The molecule has 0 saturated heterocycles. The lowest BCUT2D eigenvalue weighted by molar-refractivity contribution is -0.674. The quantitative estimate of drug-likeness (QED) is 0.346. The van der Waals surface area contributed by atoms with E-state index >= 15 is 0 Å². The number of methoxy groups -OCH3 is 3. The van der Waals surface area contributed by atoms with Crippen molar-refractivity contribution >= 4 is 16.6 Å². The number of fused-ring (bicyclic) bond motifs is 4. The van der Waals surface area contributed by atoms with E-state index in [0.717, 1.165) is 80.3 Å². The van der Waals surface area contributed by atoms with Crippen LogP contribution in [0, 0.1) is 0 Å². The van der Waals surface area contributed by atoms with Crippen molar-refractivity contribution in [2.75, 3.05) is 40.3 Å². The second-order valence-electron chi connectivity index (χ2n) is 9.82. The van der Waals surface area contributed by atoms with Gasteiger partial charge in [0.25, 0.3) is 5.82 Å². The molecule has 7 nitrogen and oxygen atoms in total. The molecule has 3 aromatic carbocycles. The van der Waals surface area contributed by atoms with Gasteiger partial charge in [0.1, 0.15) is 11.4 Å². The molecule has 0 aliphatic carbocycles. The summed E-state index contributed by atoms with van der Waals surface area (Å²) in [6, 6.07) is 16.4. The molecule has 4 aromatic rings. The molecule has 0 unspecified atom stereocenters. The fourth-order valence-electron chi connectivity index (χ4n) is 5.73. The van der Waals surface area contributed by atoms with E-state index in [1.54, 1.807) is 21.3 Å². The van der Waals surface area contributed by atoms with Crippen molar-refractivity contribution in [3.05, 3.63) is 76.3 Å². The summed E-state index contributed by atoms with van der Waals surface area (Å²) in [5.41, 5.74) is 7.16. The Morgan fingerprint density at radius 1 is 0.842 bits per heavy atom. The monoisotopic (exact) mass is 515 g/mol. The van der Waals surface area contributed by atoms with Gasteiger partial charge in [-0.05, 0) is 70.5 Å². The van der Waals surface area contributed by atoms with Crippen molar-refractivity contribution in [3.63, 3.8) is 0 Å². The van der Waals surface area contributed by atoms with Gasteiger partial charge in [0, 0.05) is 17.5 Å². The van der Waals surface area contributed by atoms with Crippen molar-refractivity contribution < 1.29 is 29.0 Å². The van der Waals surface area contributed by atoms with E-state index in [2.05, 4.69) is 33.7 Å². The summed E-state index contributed by atoms with van der Waals surface area (Å²) in [6.45, 7) is 0.525. The summed E-state index contributed by atoms with van der Waals surface area (Å²) in [5.74, 6) is 3.39. The molecule has 0 amide bonds. The predicted octanol–water partition coefficient (Wildman–Crippen LogP) is 4.02. The first kappa shape index (κ1) is 25.8. The first-order valence-electron chi connectivity index (χ1n) is 12.7. The van der Waals surface area contributed by atoms with E-state index in [1.807, 2.05) is 38.4 Å². The Kier molecular flexibility index (Phi) is 7.15. The van der Waals surface area contributed by atoms with E-state index in [1.165, 1.54) is 5.56 Å². The van der Waals surface area contributed by atoms with Crippen molar-refractivity contribution in [3.8, 4) is 28.5 Å². The highest BCUT2D eigenvalue weighted by molar-refractivity contribution is 5.94. The predicted molar refractivity (Wildman–Crippen MR) is 148 cm³/mol. The van der Waals surface area contributed by atoms with Crippen molar-refractivity contribution in [1.82, 2.24) is 0 Å². The van der Waals surface area contributed by atoms with Crippen molar-refractivity contribution in [2.24, 2.45) is 0 Å². The highest BCUT2D eigenvalue weighted by Gasteiger charge is 2.32. The number of aliphatic hydroxyl groups excluding tert-OH is 2. The number of pyridine rings is 1. The second kappa shape index (κ2) is 10.5. The number of benzene rings is 3. The van der Waals surface area contributed by atoms with E-state index in [4.69, 9.17) is 14.2 Å². The van der Waals surface area contributed by atoms with E-state index in [0.29, 0.717) is 6.42 Å². The first-order chi connectivity index (χ1) is 18.4. The number of aliphatic hydroxyl groups is 2. The summed E-state index contributed by atoms with van der Waals surface area (Å²) >= 11 is 0. The Bertz CT molecular complexity index is 1500. The van der Waals surface area contributed by atoms with Gasteiger partial charge in [-0.15, -0.1) is 0 Å². The zero-order valence-corrected chi connectivity index (χ0v) is 22.7. The van der Waals surface area contributed by atoms with Crippen LogP contribution >= 0.6 is 0 Å². The van der Waals surface area contributed by atoms with Gasteiger partial charge >= 0.3 is 0 Å². The van der Waals surface area contributed by atoms with Gasteiger partial charge in [-0.25, -0.2) is 4.57 Å². The molecule has 1 aliphatic rings. The number of hydrogen-bond acceptors (Lipinski definition) is 6. The smallest absolute Gasteiger partial charge is 0.284 e. The van der Waals surface area contributed by atoms with Crippen LogP contribution in [0.1, 0.15) is 27.8 Å². The number of rotatable bonds is 8. The summed E-state index contributed by atoms with van der Waals surface area (Å²) in [5, 5.41) is 22.0. The van der Waals surface area contributed by atoms with Gasteiger partial charge < -0.3 is 24.4 Å². The standard InChI is InChI=1S/C31H35N2O5/c1-32(2)31-26-14-23(18-35)22(17-34)13-20(26)15-27-29-21(12-19-6-8-24(36-3)9-7-19)16-28(37-4)30(38-5)25(29)10-11-33(27)31/h6-9,13-16,34-35H,10-12,17-18H2,1-5H3/q+1. The summed E-state index contributed by atoms with van der Waals surface area (Å²) in [4.78, 5) is 2.13. The molecule has 0 spiro atoms. The van der Waals surface area contributed by atoms with Crippen LogP contribution in [0.5, 0.6) is 17.2 Å². The van der Waals surface area contributed by atoms with Crippen LogP contribution in [0.15, 0.2) is 48.5 Å². The molecule has 0 atom stereocenters. The Balaban J connectivity index is 1.81. The lowest BCUT2D eigenvalue weighted by Gasteiger charge is -2.27. The van der Waals surface area contributed by atoms with E-state index in [9.17, 15) is 10.2 Å². The minimum Gasteiger partial charge on any atom is -0.497 e. The minimum atomic E-state index is -0.127. The van der Waals surface area contributed by atoms with Gasteiger partial charge in [0.05, 0.1) is 60.6 Å². The number of aromatic nitrogens is 1. The SMILES string of the molecule is COc1ccc(Cc2cc(OC)c(OC)c3c2-c2cc4cc(CO)c(CO)cc4c(N(C)C)[n+]2CC3)cc1. The number of ether oxygens (including phenoxy) is 3. The molecule has 5 rings (SSSR count). The van der Waals surface area contributed by atoms with Crippen LogP contribution in [0.3, 0.4) is 0 Å². The van der Waals surface area contributed by atoms with Gasteiger partial charge in [0.2, 0.25) is 0 Å². The van der Waals surface area contributed by atoms with Gasteiger partial charge in [-0.3, -0.25) is 4.90 Å². The average molecular weight is 516 g/mol. The normalized spacial score (nSPS) is 12.2. The summed E-state index contributed by atoms with van der Waals surface area (Å²) in [7, 11) is 9.14. The zero-order valence-electron chi connectivity index (χ0n) is 22.7. The summed E-state index contributed by atoms with van der Waals surface area (Å²) < 4.78 is 19.4. The Labute approximate surface area is 223 Å². The lowest BCUT2D eigenvalue weighted by atomic mass is 9.87. The molecule has 1 aliphatic heterocycles. The zero-order chi connectivity index (χ0) is 27.0.